The summed E-state index contributed by atoms with van der Waals surface area (Å²) >= 11 is 0. The van der Waals surface area contributed by atoms with Crippen molar-refractivity contribution in [1.29, 1.82) is 0 Å². The van der Waals surface area contributed by atoms with Crippen molar-refractivity contribution >= 4 is 19.8 Å². The fraction of sp³-hybridized carbons (Fsp3) is 0.143. The molecule has 0 aliphatic heterocycles. The molecule has 2 nitrogen and oxygen atoms in total. The second-order valence-corrected chi connectivity index (χ2v) is 8.09. The van der Waals surface area contributed by atoms with Gasteiger partial charge in [0.15, 0.2) is 0 Å². The van der Waals surface area contributed by atoms with Gasteiger partial charge in [-0.1, -0.05) is 61.6 Å². The van der Waals surface area contributed by atoms with Crippen molar-refractivity contribution in [3.63, 3.8) is 0 Å². The summed E-state index contributed by atoms with van der Waals surface area (Å²) in [7, 11) is -1.81. The third-order valence-electron chi connectivity index (χ3n) is 2.39. The molecule has 2 rings (SSSR count). The van der Waals surface area contributed by atoms with E-state index in [1.165, 1.54) is 0 Å². The van der Waals surface area contributed by atoms with Gasteiger partial charge in [-0.15, -0.1) is 5.69 Å². The van der Waals surface area contributed by atoms with Crippen molar-refractivity contribution in [2.24, 2.45) is 0 Å². The second-order valence-electron chi connectivity index (χ2n) is 4.50. The molecule has 1 N–H and O–H groups in total. The van der Waals surface area contributed by atoms with E-state index in [-0.39, 0.29) is 18.9 Å². The van der Waals surface area contributed by atoms with Crippen LogP contribution in [0.1, 0.15) is 0 Å². The third kappa shape index (κ3) is 4.62. The van der Waals surface area contributed by atoms with E-state index in [2.05, 4.69) is 30.2 Å². The quantitative estimate of drug-likeness (QED) is 0.816. The zero-order valence-corrected chi connectivity index (χ0v) is 12.2. The minimum atomic E-state index is -1.81. The minimum absolute atomic E-state index is 0. The summed E-state index contributed by atoms with van der Waals surface area (Å²) in [4.78, 5) is 8.35. The second kappa shape index (κ2) is 6.70. The summed E-state index contributed by atoms with van der Waals surface area (Å²) in [6.07, 6.45) is 0. The molecule has 4 heteroatoms. The van der Waals surface area contributed by atoms with E-state index in [4.69, 9.17) is 4.98 Å². The Labute approximate surface area is 122 Å². The Kier molecular flexibility index (Phi) is 5.55. The van der Waals surface area contributed by atoms with E-state index in [9.17, 15) is 0 Å². The molecule has 2 aromatic rings. The Morgan fingerprint density at radius 1 is 0.833 bits per heavy atom. The van der Waals surface area contributed by atoms with Gasteiger partial charge in [-0.3, -0.25) is 0 Å². The van der Waals surface area contributed by atoms with E-state index in [0.717, 1.165) is 11.4 Å². The van der Waals surface area contributed by atoms with Crippen LogP contribution in [0.4, 0.5) is 11.4 Å². The first-order chi connectivity index (χ1) is 8.16. The number of para-hydroxylation sites is 1. The molecule has 0 bridgehead atoms. The molecule has 0 unspecified atom stereocenters. The maximum absolute atomic E-state index is 4.81. The Hall–Kier alpha value is -1.15. The molecule has 0 aromatic heterocycles. The van der Waals surface area contributed by atoms with Gasteiger partial charge < -0.3 is 9.96 Å². The van der Waals surface area contributed by atoms with Gasteiger partial charge in [-0.25, -0.2) is 0 Å². The monoisotopic (exact) mass is 248 g/mol. The zero-order valence-electron chi connectivity index (χ0n) is 11.2. The van der Waals surface area contributed by atoms with Crippen LogP contribution in [0.15, 0.2) is 60.7 Å². The number of anilines is 1. The number of nitrogens with one attached hydrogen (secondary N) is 1. The van der Waals surface area contributed by atoms with Crippen LogP contribution in [-0.2, 0) is 0 Å². The van der Waals surface area contributed by atoms with E-state index in [0.29, 0.717) is 0 Å². The van der Waals surface area contributed by atoms with Gasteiger partial charge >= 0.3 is 18.9 Å². The van der Waals surface area contributed by atoms with Crippen LogP contribution >= 0.6 is 0 Å². The largest absolute Gasteiger partial charge is 1.00 e. The fourth-order valence-corrected chi connectivity index (χ4v) is 3.45. The normalized spacial score (nSPS) is 10.3. The Bertz CT molecular complexity index is 416. The van der Waals surface area contributed by atoms with Crippen molar-refractivity contribution in [1.82, 2.24) is 0 Å². The van der Waals surface area contributed by atoms with Gasteiger partial charge in [0.1, 0.15) is 0 Å². The Balaban J connectivity index is 0.00000162. The first-order valence-electron chi connectivity index (χ1n) is 5.77. The molecule has 88 valence electrons. The first kappa shape index (κ1) is 14.9. The van der Waals surface area contributed by atoms with E-state index < -0.39 is 8.40 Å². The predicted molar refractivity (Wildman–Crippen MR) is 77.0 cm³/mol. The van der Waals surface area contributed by atoms with Crippen LogP contribution in [0, 0.1) is 0 Å². The van der Waals surface area contributed by atoms with E-state index in [1.807, 2.05) is 48.5 Å². The van der Waals surface area contributed by atoms with Gasteiger partial charge in [0.05, 0.1) is 8.40 Å². The van der Waals surface area contributed by atoms with Crippen molar-refractivity contribution in [2.45, 2.75) is 13.1 Å². The fourth-order valence-electron chi connectivity index (χ4n) is 1.73. The summed E-state index contributed by atoms with van der Waals surface area (Å²) in [6.45, 7) is 4.40. The molecule has 0 saturated carbocycles. The van der Waals surface area contributed by atoms with Crippen molar-refractivity contribution < 1.29 is 18.9 Å². The number of benzene rings is 2. The maximum atomic E-state index is 4.81. The molecule has 0 amide bonds. The molecular formula is C14H17LiN2Si. The van der Waals surface area contributed by atoms with E-state index in [1.54, 1.807) is 0 Å². The van der Waals surface area contributed by atoms with Gasteiger partial charge in [0.25, 0.3) is 0 Å². The van der Waals surface area contributed by atoms with Crippen LogP contribution in [0.3, 0.4) is 0 Å². The summed E-state index contributed by atoms with van der Waals surface area (Å²) < 4.78 is 0. The standard InChI is InChI=1S/C14H17N2Si.Li/c1-17(2,15-13-9-5-3-6-10-13)16-14-11-7-4-8-12-14;/h3-12,15H,1-2H3;/q-1;+1. The SMILES string of the molecule is C[Si](C)([N-]c1ccccc1)Nc1ccccc1.[Li+]. The van der Waals surface area contributed by atoms with E-state index >= 15 is 0 Å². The number of rotatable bonds is 4. The van der Waals surface area contributed by atoms with Gasteiger partial charge in [0.2, 0.25) is 0 Å². The van der Waals surface area contributed by atoms with Crippen LogP contribution in [0.2, 0.25) is 13.1 Å². The van der Waals surface area contributed by atoms with Crippen LogP contribution in [0.25, 0.3) is 4.98 Å². The van der Waals surface area contributed by atoms with Crippen LogP contribution in [-0.4, -0.2) is 8.40 Å². The summed E-state index contributed by atoms with van der Waals surface area (Å²) in [5, 5.41) is 0. The summed E-state index contributed by atoms with van der Waals surface area (Å²) in [5.41, 5.74) is 2.19. The zero-order chi connectivity index (χ0) is 12.1. The number of hydrogen-bond donors (Lipinski definition) is 1. The number of nitrogens with zero attached hydrogens (tertiary/aromatic N) is 1. The Morgan fingerprint density at radius 2 is 1.33 bits per heavy atom. The molecule has 2 aromatic carbocycles. The van der Waals surface area contributed by atoms with Crippen molar-refractivity contribution in [3.8, 4) is 0 Å². The smallest absolute Gasteiger partial charge is 0.671 e. The maximum Gasteiger partial charge on any atom is 1.00 e. The Morgan fingerprint density at radius 3 is 1.89 bits per heavy atom. The molecule has 18 heavy (non-hydrogen) atoms. The summed E-state index contributed by atoms with van der Waals surface area (Å²) in [6, 6.07) is 20.4. The molecule has 0 atom stereocenters. The van der Waals surface area contributed by atoms with Gasteiger partial charge in [-0.2, -0.15) is 0 Å². The van der Waals surface area contributed by atoms with Crippen LogP contribution in [0.5, 0.6) is 0 Å². The number of hydrogen-bond acceptors (Lipinski definition) is 1. The molecular weight excluding hydrogens is 231 g/mol. The van der Waals surface area contributed by atoms with Crippen molar-refractivity contribution in [3.05, 3.63) is 65.6 Å². The predicted octanol–water partition coefficient (Wildman–Crippen LogP) is 1.51. The van der Waals surface area contributed by atoms with Crippen LogP contribution < -0.4 is 23.8 Å². The molecule has 0 spiro atoms. The summed E-state index contributed by atoms with van der Waals surface area (Å²) in [5.74, 6) is 0. The molecule has 0 fully saturated rings. The average Bonchev–Trinajstić information content (AvgIpc) is 2.30. The first-order valence-corrected chi connectivity index (χ1v) is 8.72. The topological polar surface area (TPSA) is 26.1 Å². The van der Waals surface area contributed by atoms with Gasteiger partial charge in [-0.05, 0) is 12.1 Å². The molecule has 0 saturated heterocycles. The molecule has 0 aliphatic rings. The molecule has 0 aliphatic carbocycles. The minimum Gasteiger partial charge on any atom is -0.671 e. The molecule has 0 radical (unpaired) electrons. The third-order valence-corrected chi connectivity index (χ3v) is 4.11. The molecule has 0 heterocycles. The van der Waals surface area contributed by atoms with Crippen molar-refractivity contribution in [2.75, 3.05) is 4.98 Å². The average molecular weight is 248 g/mol. The van der Waals surface area contributed by atoms with Gasteiger partial charge in [0, 0.05) is 5.69 Å².